The number of fused-ring (bicyclic) bond motifs is 1. The minimum atomic E-state index is 0.299. The Morgan fingerprint density at radius 3 is 3.06 bits per heavy atom. The lowest BCUT2D eigenvalue weighted by Gasteiger charge is -2.27. The van der Waals surface area contributed by atoms with Gasteiger partial charge in [-0.25, -0.2) is 4.98 Å². The van der Waals surface area contributed by atoms with E-state index in [0.29, 0.717) is 6.04 Å². The average Bonchev–Trinajstić information content (AvgIpc) is 2.73. The van der Waals surface area contributed by atoms with Crippen molar-refractivity contribution >= 4 is 0 Å². The number of rotatable bonds is 2. The van der Waals surface area contributed by atoms with E-state index in [9.17, 15) is 0 Å². The first-order chi connectivity index (χ1) is 8.33. The highest BCUT2D eigenvalue weighted by Crippen LogP contribution is 2.19. The molecule has 1 atom stereocenters. The summed E-state index contributed by atoms with van der Waals surface area (Å²) in [6.45, 7) is 5.62. The molecule has 0 aliphatic carbocycles. The van der Waals surface area contributed by atoms with Gasteiger partial charge >= 0.3 is 0 Å². The molecule has 1 unspecified atom stereocenters. The molecular weight excluding hydrogens is 216 g/mol. The molecule has 1 aromatic rings. The molecule has 5 heteroatoms. The first-order valence-electron chi connectivity index (χ1n) is 6.41. The molecular formula is C12H20N4O. The van der Waals surface area contributed by atoms with Gasteiger partial charge in [0.2, 0.25) is 0 Å². The van der Waals surface area contributed by atoms with Gasteiger partial charge < -0.3 is 15.0 Å². The fourth-order valence-electron chi connectivity index (χ4n) is 2.66. The Hall–Kier alpha value is -0.910. The molecule has 0 bridgehead atoms. The predicted octanol–water partition coefficient (Wildman–Crippen LogP) is -0.0112. The standard InChI is InChI=1S/C12H20N4O/c13-10-1-2-12-11(14-9-16(12)7-10)8-15-3-5-17-6-4-15/h9-10H,1-8,13H2. The Bertz CT molecular complexity index is 384. The zero-order valence-corrected chi connectivity index (χ0v) is 10.1. The summed E-state index contributed by atoms with van der Waals surface area (Å²) < 4.78 is 7.59. The van der Waals surface area contributed by atoms with Crippen LogP contribution in [0.3, 0.4) is 0 Å². The molecule has 2 aliphatic rings. The number of ether oxygens (including phenoxy) is 1. The Kier molecular flexibility index (Phi) is 3.13. The van der Waals surface area contributed by atoms with E-state index in [0.717, 1.165) is 52.2 Å². The molecule has 0 radical (unpaired) electrons. The smallest absolute Gasteiger partial charge is 0.0952 e. The van der Waals surface area contributed by atoms with Gasteiger partial charge in [0.05, 0.1) is 25.2 Å². The maximum Gasteiger partial charge on any atom is 0.0952 e. The van der Waals surface area contributed by atoms with Crippen LogP contribution in [0.1, 0.15) is 17.8 Å². The van der Waals surface area contributed by atoms with Gasteiger partial charge in [0, 0.05) is 37.9 Å². The molecule has 0 aromatic carbocycles. The van der Waals surface area contributed by atoms with E-state index in [1.54, 1.807) is 0 Å². The van der Waals surface area contributed by atoms with Crippen molar-refractivity contribution in [3.05, 3.63) is 17.7 Å². The zero-order chi connectivity index (χ0) is 11.7. The Balaban J connectivity index is 1.71. The van der Waals surface area contributed by atoms with Crippen molar-refractivity contribution in [3.63, 3.8) is 0 Å². The monoisotopic (exact) mass is 236 g/mol. The summed E-state index contributed by atoms with van der Waals surface area (Å²) >= 11 is 0. The SMILES string of the molecule is NC1CCc2c(CN3CCOCC3)ncn2C1. The molecule has 0 spiro atoms. The summed E-state index contributed by atoms with van der Waals surface area (Å²) in [5.74, 6) is 0. The third-order valence-corrected chi connectivity index (χ3v) is 3.69. The van der Waals surface area contributed by atoms with Gasteiger partial charge in [-0.3, -0.25) is 4.90 Å². The van der Waals surface area contributed by atoms with Crippen LogP contribution in [0, 0.1) is 0 Å². The minimum Gasteiger partial charge on any atom is -0.379 e. The minimum absolute atomic E-state index is 0.299. The second-order valence-electron chi connectivity index (χ2n) is 4.98. The summed E-state index contributed by atoms with van der Waals surface area (Å²) in [5, 5.41) is 0. The van der Waals surface area contributed by atoms with Crippen LogP contribution < -0.4 is 5.73 Å². The summed E-state index contributed by atoms with van der Waals surface area (Å²) in [4.78, 5) is 6.97. The van der Waals surface area contributed by atoms with Gasteiger partial charge in [-0.1, -0.05) is 0 Å². The van der Waals surface area contributed by atoms with Crippen molar-refractivity contribution in [3.8, 4) is 0 Å². The molecule has 1 fully saturated rings. The summed E-state index contributed by atoms with van der Waals surface area (Å²) in [5.41, 5.74) is 8.59. The van der Waals surface area contributed by atoms with Crippen molar-refractivity contribution < 1.29 is 4.74 Å². The molecule has 2 aliphatic heterocycles. The van der Waals surface area contributed by atoms with Crippen LogP contribution in [0.5, 0.6) is 0 Å². The third-order valence-electron chi connectivity index (χ3n) is 3.69. The molecule has 3 heterocycles. The first kappa shape index (κ1) is 11.2. The molecule has 1 saturated heterocycles. The summed E-state index contributed by atoms with van der Waals surface area (Å²) in [6.07, 6.45) is 4.10. The van der Waals surface area contributed by atoms with Crippen LogP contribution in [0.15, 0.2) is 6.33 Å². The number of morpholine rings is 1. The van der Waals surface area contributed by atoms with E-state index in [1.807, 2.05) is 6.33 Å². The van der Waals surface area contributed by atoms with E-state index < -0.39 is 0 Å². The molecule has 5 nitrogen and oxygen atoms in total. The molecule has 94 valence electrons. The van der Waals surface area contributed by atoms with Gasteiger partial charge in [0.15, 0.2) is 0 Å². The number of aromatic nitrogens is 2. The van der Waals surface area contributed by atoms with E-state index in [1.165, 1.54) is 11.4 Å². The maximum absolute atomic E-state index is 5.97. The fourth-order valence-corrected chi connectivity index (χ4v) is 2.66. The lowest BCUT2D eigenvalue weighted by Crippen LogP contribution is -2.36. The van der Waals surface area contributed by atoms with E-state index in [-0.39, 0.29) is 0 Å². The van der Waals surface area contributed by atoms with Gasteiger partial charge in [-0.2, -0.15) is 0 Å². The highest BCUT2D eigenvalue weighted by atomic mass is 16.5. The van der Waals surface area contributed by atoms with Crippen molar-refractivity contribution in [1.82, 2.24) is 14.5 Å². The van der Waals surface area contributed by atoms with Crippen LogP contribution in [0.25, 0.3) is 0 Å². The Labute approximate surface area is 102 Å². The van der Waals surface area contributed by atoms with Gasteiger partial charge in [0.25, 0.3) is 0 Å². The van der Waals surface area contributed by atoms with Crippen molar-refractivity contribution in [2.24, 2.45) is 5.73 Å². The normalized spacial score (nSPS) is 25.8. The van der Waals surface area contributed by atoms with Gasteiger partial charge in [-0.15, -0.1) is 0 Å². The lowest BCUT2D eigenvalue weighted by molar-refractivity contribution is 0.0335. The molecule has 3 rings (SSSR count). The van der Waals surface area contributed by atoms with Crippen molar-refractivity contribution in [1.29, 1.82) is 0 Å². The topological polar surface area (TPSA) is 56.3 Å². The molecule has 0 amide bonds. The summed E-state index contributed by atoms with van der Waals surface area (Å²) in [6, 6.07) is 0.299. The largest absolute Gasteiger partial charge is 0.379 e. The summed E-state index contributed by atoms with van der Waals surface area (Å²) in [7, 11) is 0. The molecule has 17 heavy (non-hydrogen) atoms. The van der Waals surface area contributed by atoms with Crippen LogP contribution in [-0.4, -0.2) is 46.8 Å². The second-order valence-corrected chi connectivity index (χ2v) is 4.98. The predicted molar refractivity (Wildman–Crippen MR) is 64.6 cm³/mol. The number of imidazole rings is 1. The van der Waals surface area contributed by atoms with Crippen molar-refractivity contribution in [2.75, 3.05) is 26.3 Å². The number of hydrogen-bond acceptors (Lipinski definition) is 4. The van der Waals surface area contributed by atoms with E-state index >= 15 is 0 Å². The number of nitrogens with zero attached hydrogens (tertiary/aromatic N) is 3. The average molecular weight is 236 g/mol. The van der Waals surface area contributed by atoms with Gasteiger partial charge in [-0.05, 0) is 12.8 Å². The Morgan fingerprint density at radius 1 is 1.41 bits per heavy atom. The molecule has 0 saturated carbocycles. The van der Waals surface area contributed by atoms with Crippen LogP contribution in [0.4, 0.5) is 0 Å². The van der Waals surface area contributed by atoms with Gasteiger partial charge in [0.1, 0.15) is 0 Å². The van der Waals surface area contributed by atoms with Crippen LogP contribution in [-0.2, 0) is 24.2 Å². The van der Waals surface area contributed by atoms with Crippen molar-refractivity contribution in [2.45, 2.75) is 32.0 Å². The highest BCUT2D eigenvalue weighted by Gasteiger charge is 2.21. The fraction of sp³-hybridized carbons (Fsp3) is 0.750. The maximum atomic E-state index is 5.97. The van der Waals surface area contributed by atoms with E-state index in [2.05, 4.69) is 14.5 Å². The highest BCUT2D eigenvalue weighted by molar-refractivity contribution is 5.16. The zero-order valence-electron chi connectivity index (χ0n) is 10.1. The third kappa shape index (κ3) is 2.36. The quantitative estimate of drug-likeness (QED) is 0.784. The molecule has 2 N–H and O–H groups in total. The number of nitrogens with two attached hydrogens (primary N) is 1. The lowest BCUT2D eigenvalue weighted by atomic mass is 10.0. The first-order valence-corrected chi connectivity index (χ1v) is 6.41. The molecule has 1 aromatic heterocycles. The second kappa shape index (κ2) is 4.76. The van der Waals surface area contributed by atoms with E-state index in [4.69, 9.17) is 10.5 Å². The van der Waals surface area contributed by atoms with Crippen LogP contribution in [0.2, 0.25) is 0 Å². The van der Waals surface area contributed by atoms with Crippen LogP contribution >= 0.6 is 0 Å². The Morgan fingerprint density at radius 2 is 2.24 bits per heavy atom. The number of hydrogen-bond donors (Lipinski definition) is 1.